The van der Waals surface area contributed by atoms with Gasteiger partial charge in [-0.2, -0.15) is 23.1 Å². The van der Waals surface area contributed by atoms with Crippen molar-refractivity contribution in [1.82, 2.24) is 24.7 Å². The van der Waals surface area contributed by atoms with Crippen LogP contribution in [0.2, 0.25) is 0 Å². The molecule has 4 heterocycles. The lowest BCUT2D eigenvalue weighted by Gasteiger charge is -2.53. The molecule has 0 bridgehead atoms. The third-order valence-electron chi connectivity index (χ3n) is 9.93. The van der Waals surface area contributed by atoms with Crippen LogP contribution in [0.15, 0.2) is 60.7 Å². The Morgan fingerprint density at radius 1 is 0.920 bits per heavy atom. The van der Waals surface area contributed by atoms with Gasteiger partial charge in [0.1, 0.15) is 11.9 Å². The second kappa shape index (κ2) is 16.5. The Morgan fingerprint density at radius 2 is 1.58 bits per heavy atom. The van der Waals surface area contributed by atoms with Crippen LogP contribution < -0.4 is 9.47 Å². The van der Waals surface area contributed by atoms with Gasteiger partial charge >= 0.3 is 6.18 Å². The van der Waals surface area contributed by atoms with Crippen LogP contribution in [0.25, 0.3) is 0 Å². The third kappa shape index (κ3) is 8.65. The summed E-state index contributed by atoms with van der Waals surface area (Å²) >= 11 is 0. The minimum absolute atomic E-state index is 0. The van der Waals surface area contributed by atoms with E-state index < -0.39 is 18.9 Å². The first-order valence-electron chi connectivity index (χ1n) is 16.9. The maximum Gasteiger partial charge on any atom is 0.422 e. The SMILES string of the molecule is COc1nc(C2CC2)nc(OCC(F)(F)F)c1CN1C[C@@H]2CN(C(=O)[C@H]3CCCO3)CCN2[C@H](C(c2ccccc2)c2ccccc2)C1.Cl.Cl. The Hall–Kier alpha value is -3.16. The molecule has 0 spiro atoms. The van der Waals surface area contributed by atoms with E-state index in [9.17, 15) is 18.0 Å². The number of amides is 1. The van der Waals surface area contributed by atoms with Crippen molar-refractivity contribution >= 4 is 30.7 Å². The Bertz CT molecular complexity index is 1530. The van der Waals surface area contributed by atoms with E-state index in [0.717, 1.165) is 25.7 Å². The zero-order valence-electron chi connectivity index (χ0n) is 28.0. The highest BCUT2D eigenvalue weighted by molar-refractivity contribution is 5.85. The van der Waals surface area contributed by atoms with Crippen LogP contribution in [0.4, 0.5) is 13.2 Å². The number of carbonyl (C=O) groups is 1. The van der Waals surface area contributed by atoms with Gasteiger partial charge < -0.3 is 19.1 Å². The molecule has 1 saturated carbocycles. The molecule has 272 valence electrons. The molecule has 0 unspecified atom stereocenters. The standard InChI is InChI=1S/C36H42F3N5O4.2ClH/c1-46-33-28(34(48-23-36(37,38)39)41-32(40-33)26-14-15-26)21-42-19-27-20-43(35(45)30-13-8-18-47-30)16-17-44(27)29(22-42)31(24-9-4-2-5-10-24)25-11-6-3-7-12-25;;/h2-7,9-12,26-27,29-31H,8,13-23H2,1H3;2*1H/t27-,29+,30-;;/m1../s1. The van der Waals surface area contributed by atoms with E-state index >= 15 is 0 Å². The van der Waals surface area contributed by atoms with Crippen LogP contribution in [0.3, 0.4) is 0 Å². The quantitative estimate of drug-likeness (QED) is 0.256. The van der Waals surface area contributed by atoms with Crippen LogP contribution >= 0.6 is 24.8 Å². The molecule has 1 amide bonds. The summed E-state index contributed by atoms with van der Waals surface area (Å²) in [4.78, 5) is 29.4. The van der Waals surface area contributed by atoms with E-state index in [0.29, 0.717) is 50.7 Å². The summed E-state index contributed by atoms with van der Waals surface area (Å²) in [5.41, 5.74) is 2.75. The average molecular weight is 739 g/mol. The maximum absolute atomic E-state index is 13.5. The van der Waals surface area contributed by atoms with Gasteiger partial charge in [-0.15, -0.1) is 24.8 Å². The fraction of sp³-hybridized carbons (Fsp3) is 0.528. The fourth-order valence-corrected chi connectivity index (χ4v) is 7.55. The summed E-state index contributed by atoms with van der Waals surface area (Å²) in [5.74, 6) is 0.762. The van der Waals surface area contributed by atoms with Gasteiger partial charge in [-0.3, -0.25) is 14.6 Å². The molecule has 4 aliphatic rings. The summed E-state index contributed by atoms with van der Waals surface area (Å²) in [6.45, 7) is 2.46. The molecule has 1 aromatic heterocycles. The number of aromatic nitrogens is 2. The molecule has 0 radical (unpaired) electrons. The summed E-state index contributed by atoms with van der Waals surface area (Å²) < 4.78 is 57.0. The van der Waals surface area contributed by atoms with E-state index in [1.165, 1.54) is 18.2 Å². The Labute approximate surface area is 303 Å². The molecule has 4 fully saturated rings. The van der Waals surface area contributed by atoms with Crippen molar-refractivity contribution in [3.63, 3.8) is 0 Å². The number of carbonyl (C=O) groups excluding carboxylic acids is 1. The number of halogens is 5. The van der Waals surface area contributed by atoms with E-state index in [4.69, 9.17) is 14.2 Å². The van der Waals surface area contributed by atoms with E-state index in [1.807, 2.05) is 17.0 Å². The highest BCUT2D eigenvalue weighted by Gasteiger charge is 2.44. The number of alkyl halides is 3. The Kier molecular flexibility index (Phi) is 12.5. The molecule has 1 aliphatic carbocycles. The zero-order chi connectivity index (χ0) is 33.3. The lowest BCUT2D eigenvalue weighted by atomic mass is 9.81. The van der Waals surface area contributed by atoms with Crippen molar-refractivity contribution in [1.29, 1.82) is 0 Å². The number of methoxy groups -OCH3 is 1. The molecule has 7 rings (SSSR count). The average Bonchev–Trinajstić information content (AvgIpc) is 3.81. The lowest BCUT2D eigenvalue weighted by molar-refractivity contribution is -0.154. The molecule has 0 N–H and O–H groups in total. The van der Waals surface area contributed by atoms with Gasteiger partial charge in [0, 0.05) is 69.8 Å². The van der Waals surface area contributed by atoms with E-state index in [2.05, 4.69) is 68.3 Å². The third-order valence-corrected chi connectivity index (χ3v) is 9.93. The van der Waals surface area contributed by atoms with Gasteiger partial charge in [0.05, 0.1) is 12.7 Å². The normalized spacial score (nSPS) is 22.7. The molecule has 3 atom stereocenters. The summed E-state index contributed by atoms with van der Waals surface area (Å²) in [6, 6.07) is 20.8. The van der Waals surface area contributed by atoms with Gasteiger partial charge in [0.25, 0.3) is 5.91 Å². The van der Waals surface area contributed by atoms with Crippen LogP contribution in [-0.4, -0.2) is 108 Å². The minimum atomic E-state index is -4.52. The molecule has 3 aromatic rings. The summed E-state index contributed by atoms with van der Waals surface area (Å²) in [7, 11) is 1.48. The van der Waals surface area contributed by atoms with Crippen molar-refractivity contribution in [3.05, 3.63) is 83.2 Å². The smallest absolute Gasteiger partial charge is 0.422 e. The molecule has 3 aliphatic heterocycles. The highest BCUT2D eigenvalue weighted by Crippen LogP contribution is 2.42. The first kappa shape index (κ1) is 38.1. The zero-order valence-corrected chi connectivity index (χ0v) is 29.6. The van der Waals surface area contributed by atoms with Gasteiger partial charge in [0.15, 0.2) is 6.61 Å². The van der Waals surface area contributed by atoms with Crippen molar-refractivity contribution in [2.24, 2.45) is 0 Å². The van der Waals surface area contributed by atoms with Crippen molar-refractivity contribution in [3.8, 4) is 11.8 Å². The number of hydrogen-bond acceptors (Lipinski definition) is 8. The second-order valence-electron chi connectivity index (χ2n) is 13.3. The van der Waals surface area contributed by atoms with Crippen molar-refractivity contribution in [2.75, 3.05) is 53.0 Å². The number of benzene rings is 2. The molecule has 14 heteroatoms. The van der Waals surface area contributed by atoms with E-state index in [-0.39, 0.29) is 72.9 Å². The summed E-state index contributed by atoms with van der Waals surface area (Å²) in [5, 5.41) is 0. The molecule has 50 heavy (non-hydrogen) atoms. The number of nitrogens with zero attached hydrogens (tertiary/aromatic N) is 5. The topological polar surface area (TPSA) is 80.3 Å². The predicted octanol–water partition coefficient (Wildman–Crippen LogP) is 5.86. The number of rotatable bonds is 10. The predicted molar refractivity (Wildman–Crippen MR) is 186 cm³/mol. The van der Waals surface area contributed by atoms with Crippen LogP contribution in [0, 0.1) is 0 Å². The van der Waals surface area contributed by atoms with E-state index in [1.54, 1.807) is 0 Å². The Morgan fingerprint density at radius 3 is 2.16 bits per heavy atom. The Balaban J connectivity index is 0.00000243. The molecular formula is C36H44Cl2F3N5O4. The number of piperazine rings is 2. The monoisotopic (exact) mass is 737 g/mol. The van der Waals surface area contributed by atoms with Crippen LogP contribution in [0.1, 0.15) is 60.0 Å². The van der Waals surface area contributed by atoms with Gasteiger partial charge in [-0.25, -0.2) is 0 Å². The van der Waals surface area contributed by atoms with Gasteiger partial charge in [-0.05, 0) is 36.8 Å². The maximum atomic E-state index is 13.5. The molecule has 9 nitrogen and oxygen atoms in total. The van der Waals surface area contributed by atoms with Crippen molar-refractivity contribution in [2.45, 2.75) is 68.4 Å². The molecule has 3 saturated heterocycles. The highest BCUT2D eigenvalue weighted by atomic mass is 35.5. The fourth-order valence-electron chi connectivity index (χ4n) is 7.55. The minimum Gasteiger partial charge on any atom is -0.481 e. The first-order chi connectivity index (χ1) is 23.3. The first-order valence-corrected chi connectivity index (χ1v) is 16.9. The van der Waals surface area contributed by atoms with Crippen molar-refractivity contribution < 1.29 is 32.2 Å². The largest absolute Gasteiger partial charge is 0.481 e. The van der Waals surface area contributed by atoms with Crippen LogP contribution in [0.5, 0.6) is 11.8 Å². The molecule has 2 aromatic carbocycles. The summed E-state index contributed by atoms with van der Waals surface area (Å²) in [6.07, 6.45) is -1.53. The van der Waals surface area contributed by atoms with Gasteiger partial charge in [-0.1, -0.05) is 60.7 Å². The van der Waals surface area contributed by atoms with Crippen LogP contribution in [-0.2, 0) is 16.1 Å². The van der Waals surface area contributed by atoms with Gasteiger partial charge in [0.2, 0.25) is 11.8 Å². The number of hydrogen-bond donors (Lipinski definition) is 0. The number of ether oxygens (including phenoxy) is 3. The number of fused-ring (bicyclic) bond motifs is 1. The molecular weight excluding hydrogens is 694 g/mol. The second-order valence-corrected chi connectivity index (χ2v) is 13.3. The lowest BCUT2D eigenvalue weighted by Crippen LogP contribution is -2.67.